The predicted octanol–water partition coefficient (Wildman–Crippen LogP) is 2.89. The van der Waals surface area contributed by atoms with Crippen LogP contribution >= 0.6 is 11.8 Å². The van der Waals surface area contributed by atoms with E-state index in [1.165, 1.54) is 24.0 Å². The molecule has 1 aromatic heterocycles. The molecule has 3 rings (SSSR count). The van der Waals surface area contributed by atoms with Gasteiger partial charge in [0, 0.05) is 22.0 Å². The van der Waals surface area contributed by atoms with E-state index in [-0.39, 0.29) is 23.2 Å². The second-order valence-corrected chi connectivity index (χ2v) is 6.15. The summed E-state index contributed by atoms with van der Waals surface area (Å²) in [5, 5.41) is 23.9. The summed E-state index contributed by atoms with van der Waals surface area (Å²) >= 11 is 1.37. The molecular formula is C18H15N3O3S. The Labute approximate surface area is 148 Å². The number of thioether (sulfide) groups is 1. The van der Waals surface area contributed by atoms with E-state index in [4.69, 9.17) is 0 Å². The molecule has 126 valence electrons. The van der Waals surface area contributed by atoms with Gasteiger partial charge in [-0.05, 0) is 24.3 Å². The second kappa shape index (κ2) is 7.67. The first-order valence-corrected chi connectivity index (χ1v) is 8.43. The number of amides is 1. The second-order valence-electron chi connectivity index (χ2n) is 5.13. The maximum Gasteiger partial charge on any atom is 0.250 e. The zero-order valence-corrected chi connectivity index (χ0v) is 13.9. The van der Waals surface area contributed by atoms with Crippen molar-refractivity contribution in [1.29, 1.82) is 0 Å². The van der Waals surface area contributed by atoms with Crippen LogP contribution in [0.1, 0.15) is 5.56 Å². The van der Waals surface area contributed by atoms with Crippen LogP contribution in [0.2, 0.25) is 0 Å². The van der Waals surface area contributed by atoms with E-state index in [0.29, 0.717) is 5.56 Å². The Hall–Kier alpha value is -3.06. The molecule has 0 aliphatic rings. The standard InChI is InChI=1S/C18H15N3O3S/c22-14-7-1-5-13(18(14)24)10-20-21-16(23)11-25-15-8-2-4-12-6-3-9-19-17(12)15/h1-10,22,24H,11H2,(H,21,23)/b20-10+. The zero-order valence-electron chi connectivity index (χ0n) is 13.1. The number of nitrogens with zero attached hydrogens (tertiary/aromatic N) is 2. The minimum Gasteiger partial charge on any atom is -0.504 e. The molecule has 0 unspecified atom stereocenters. The van der Waals surface area contributed by atoms with Crippen LogP contribution in [-0.4, -0.2) is 33.1 Å². The fraction of sp³-hybridized carbons (Fsp3) is 0.0556. The summed E-state index contributed by atoms with van der Waals surface area (Å²) in [4.78, 5) is 17.2. The number of hydrazone groups is 1. The van der Waals surface area contributed by atoms with Crippen molar-refractivity contribution in [2.24, 2.45) is 5.10 Å². The molecule has 0 spiro atoms. The maximum absolute atomic E-state index is 11.9. The lowest BCUT2D eigenvalue weighted by atomic mass is 10.2. The molecule has 0 saturated heterocycles. The number of phenolic OH excluding ortho intramolecular Hbond substituents is 2. The van der Waals surface area contributed by atoms with Gasteiger partial charge in [-0.3, -0.25) is 9.78 Å². The number of phenols is 2. The molecule has 1 heterocycles. The Morgan fingerprint density at radius 3 is 2.84 bits per heavy atom. The highest BCUT2D eigenvalue weighted by Gasteiger charge is 2.06. The Morgan fingerprint density at radius 1 is 1.16 bits per heavy atom. The van der Waals surface area contributed by atoms with Gasteiger partial charge in [0.15, 0.2) is 11.5 Å². The molecule has 0 aliphatic carbocycles. The van der Waals surface area contributed by atoms with Gasteiger partial charge in [-0.15, -0.1) is 11.8 Å². The highest BCUT2D eigenvalue weighted by molar-refractivity contribution is 8.00. The highest BCUT2D eigenvalue weighted by atomic mass is 32.2. The van der Waals surface area contributed by atoms with Gasteiger partial charge in [0.2, 0.25) is 5.91 Å². The summed E-state index contributed by atoms with van der Waals surface area (Å²) in [6.07, 6.45) is 3.00. The van der Waals surface area contributed by atoms with E-state index in [1.54, 1.807) is 18.3 Å². The Morgan fingerprint density at radius 2 is 1.96 bits per heavy atom. The number of fused-ring (bicyclic) bond motifs is 1. The van der Waals surface area contributed by atoms with Crippen LogP contribution in [0.4, 0.5) is 0 Å². The van der Waals surface area contributed by atoms with Crippen LogP contribution in [0.15, 0.2) is 64.7 Å². The van der Waals surface area contributed by atoms with Crippen LogP contribution in [-0.2, 0) is 4.79 Å². The summed E-state index contributed by atoms with van der Waals surface area (Å²) in [5.74, 6) is -0.626. The van der Waals surface area contributed by atoms with E-state index in [0.717, 1.165) is 15.8 Å². The molecule has 0 aliphatic heterocycles. The largest absolute Gasteiger partial charge is 0.504 e. The monoisotopic (exact) mass is 353 g/mol. The summed E-state index contributed by atoms with van der Waals surface area (Å²) in [7, 11) is 0. The third kappa shape index (κ3) is 4.07. The SMILES string of the molecule is O=C(CSc1cccc2cccnc12)N/N=C/c1cccc(O)c1O. The first kappa shape index (κ1) is 16.8. The van der Waals surface area contributed by atoms with E-state index >= 15 is 0 Å². The molecule has 2 aromatic carbocycles. The number of para-hydroxylation sites is 2. The lowest BCUT2D eigenvalue weighted by molar-refractivity contribution is -0.118. The summed E-state index contributed by atoms with van der Waals surface area (Å²) < 4.78 is 0. The number of benzene rings is 2. The van der Waals surface area contributed by atoms with Crippen molar-refractivity contribution in [2.75, 3.05) is 5.75 Å². The molecule has 6 nitrogen and oxygen atoms in total. The van der Waals surface area contributed by atoms with Gasteiger partial charge in [0.25, 0.3) is 0 Å². The summed E-state index contributed by atoms with van der Waals surface area (Å²) in [6.45, 7) is 0. The molecule has 7 heteroatoms. The number of carbonyl (C=O) groups excluding carboxylic acids is 1. The third-order valence-electron chi connectivity index (χ3n) is 3.39. The number of nitrogens with one attached hydrogen (secondary N) is 1. The molecule has 1 amide bonds. The van der Waals surface area contributed by atoms with Crippen molar-refractivity contribution >= 4 is 34.8 Å². The van der Waals surface area contributed by atoms with Crippen molar-refractivity contribution in [1.82, 2.24) is 10.4 Å². The predicted molar refractivity (Wildman–Crippen MR) is 98.0 cm³/mol. The third-order valence-corrected chi connectivity index (χ3v) is 4.44. The maximum atomic E-state index is 11.9. The van der Waals surface area contributed by atoms with E-state index in [1.807, 2.05) is 30.3 Å². The Bertz CT molecular complexity index is 939. The van der Waals surface area contributed by atoms with E-state index in [9.17, 15) is 15.0 Å². The van der Waals surface area contributed by atoms with Gasteiger partial charge < -0.3 is 10.2 Å². The zero-order chi connectivity index (χ0) is 17.6. The van der Waals surface area contributed by atoms with E-state index < -0.39 is 0 Å². The molecule has 0 saturated carbocycles. The molecule has 3 aromatic rings. The molecule has 3 N–H and O–H groups in total. The van der Waals surface area contributed by atoms with Gasteiger partial charge >= 0.3 is 0 Å². The molecule has 0 atom stereocenters. The number of hydrogen-bond acceptors (Lipinski definition) is 6. The summed E-state index contributed by atoms with van der Waals surface area (Å²) in [6, 6.07) is 14.2. The quantitative estimate of drug-likeness (QED) is 0.284. The van der Waals surface area contributed by atoms with Crippen molar-refractivity contribution < 1.29 is 15.0 Å². The van der Waals surface area contributed by atoms with Crippen molar-refractivity contribution in [3.8, 4) is 11.5 Å². The number of aromatic nitrogens is 1. The van der Waals surface area contributed by atoms with E-state index in [2.05, 4.69) is 15.5 Å². The first-order chi connectivity index (χ1) is 12.1. The number of carbonyl (C=O) groups is 1. The lowest BCUT2D eigenvalue weighted by Crippen LogP contribution is -2.19. The van der Waals surface area contributed by atoms with Gasteiger partial charge in [-0.25, -0.2) is 5.43 Å². The fourth-order valence-corrected chi connectivity index (χ4v) is 3.03. The van der Waals surface area contributed by atoms with Crippen LogP contribution in [0, 0.1) is 0 Å². The normalized spacial score (nSPS) is 11.0. The molecular weight excluding hydrogens is 338 g/mol. The van der Waals surface area contributed by atoms with Crippen molar-refractivity contribution in [3.63, 3.8) is 0 Å². The fourth-order valence-electron chi connectivity index (χ4n) is 2.19. The molecule has 0 radical (unpaired) electrons. The molecule has 0 fully saturated rings. The van der Waals surface area contributed by atoms with Crippen molar-refractivity contribution in [3.05, 3.63) is 60.3 Å². The van der Waals surface area contributed by atoms with Crippen molar-refractivity contribution in [2.45, 2.75) is 4.90 Å². The van der Waals surface area contributed by atoms with Crippen LogP contribution < -0.4 is 5.43 Å². The van der Waals surface area contributed by atoms with Crippen LogP contribution in [0.5, 0.6) is 11.5 Å². The number of rotatable bonds is 5. The minimum atomic E-state index is -0.283. The highest BCUT2D eigenvalue weighted by Crippen LogP contribution is 2.27. The molecule has 25 heavy (non-hydrogen) atoms. The number of pyridine rings is 1. The smallest absolute Gasteiger partial charge is 0.250 e. The average molecular weight is 353 g/mol. The van der Waals surface area contributed by atoms with Gasteiger partial charge in [-0.1, -0.05) is 24.3 Å². The van der Waals surface area contributed by atoms with Gasteiger partial charge in [0.1, 0.15) is 0 Å². The lowest BCUT2D eigenvalue weighted by Gasteiger charge is -2.05. The summed E-state index contributed by atoms with van der Waals surface area (Å²) in [5.41, 5.74) is 3.56. The van der Waals surface area contributed by atoms with Crippen LogP contribution in [0.25, 0.3) is 10.9 Å². The topological polar surface area (TPSA) is 94.8 Å². The number of hydrogen-bond donors (Lipinski definition) is 3. The first-order valence-electron chi connectivity index (χ1n) is 7.44. The average Bonchev–Trinajstić information content (AvgIpc) is 2.63. The Balaban J connectivity index is 1.59. The minimum absolute atomic E-state index is 0.180. The Kier molecular flexibility index (Phi) is 5.15. The van der Waals surface area contributed by atoms with Crippen LogP contribution in [0.3, 0.4) is 0 Å². The van der Waals surface area contributed by atoms with Gasteiger partial charge in [0.05, 0.1) is 17.5 Å². The van der Waals surface area contributed by atoms with Gasteiger partial charge in [-0.2, -0.15) is 5.10 Å². The molecule has 0 bridgehead atoms. The number of aromatic hydroxyl groups is 2.